The number of carbonyl (C=O) groups is 1. The first-order valence-electron chi connectivity index (χ1n) is 12.3. The number of hydrogen-bond acceptors (Lipinski definition) is 4. The Balaban J connectivity index is 1.62. The van der Waals surface area contributed by atoms with Crippen LogP contribution in [0, 0.1) is 0 Å². The average Bonchev–Trinajstić information content (AvgIpc) is 3.08. The minimum atomic E-state index is -0.557. The highest BCUT2D eigenvalue weighted by molar-refractivity contribution is 6.09. The molecule has 36 heavy (non-hydrogen) atoms. The summed E-state index contributed by atoms with van der Waals surface area (Å²) in [4.78, 5) is 28.0. The second kappa shape index (κ2) is 8.72. The summed E-state index contributed by atoms with van der Waals surface area (Å²) in [5, 5.41) is 14.0. The molecule has 1 unspecified atom stereocenters. The van der Waals surface area contributed by atoms with E-state index >= 15 is 0 Å². The number of nitrogens with one attached hydrogen (secondary N) is 1. The number of amides is 1. The van der Waals surface area contributed by atoms with Crippen molar-refractivity contribution in [2.24, 2.45) is 0 Å². The van der Waals surface area contributed by atoms with Crippen LogP contribution in [0.3, 0.4) is 0 Å². The molecule has 0 spiro atoms. The molecule has 1 aromatic heterocycles. The highest BCUT2D eigenvalue weighted by atomic mass is 16.3. The highest BCUT2D eigenvalue weighted by Gasteiger charge is 2.41. The van der Waals surface area contributed by atoms with Gasteiger partial charge in [-0.25, -0.2) is 0 Å². The summed E-state index contributed by atoms with van der Waals surface area (Å²) >= 11 is 0. The first-order chi connectivity index (χ1) is 17.6. The van der Waals surface area contributed by atoms with Crippen LogP contribution in [0.1, 0.15) is 44.7 Å². The predicted octanol–water partition coefficient (Wildman–Crippen LogP) is 4.73. The molecule has 6 nitrogen and oxygen atoms in total. The van der Waals surface area contributed by atoms with Crippen molar-refractivity contribution in [3.8, 4) is 5.75 Å². The van der Waals surface area contributed by atoms with Gasteiger partial charge in [0.05, 0.1) is 17.4 Å². The van der Waals surface area contributed by atoms with Crippen molar-refractivity contribution in [3.63, 3.8) is 0 Å². The van der Waals surface area contributed by atoms with Crippen LogP contribution in [0.15, 0.2) is 89.9 Å². The first kappa shape index (κ1) is 22.2. The average molecular weight is 478 g/mol. The van der Waals surface area contributed by atoms with Gasteiger partial charge in [-0.1, -0.05) is 60.7 Å². The Morgan fingerprint density at radius 1 is 0.833 bits per heavy atom. The number of hydrogen-bond donors (Lipinski definition) is 2. The number of nitrogens with zero attached hydrogens (tertiary/aromatic N) is 2. The quantitative estimate of drug-likeness (QED) is 0.448. The maximum Gasteiger partial charge on any atom is 0.279 e. The minimum Gasteiger partial charge on any atom is -0.503 e. The van der Waals surface area contributed by atoms with Gasteiger partial charge >= 0.3 is 0 Å². The van der Waals surface area contributed by atoms with Gasteiger partial charge < -0.3 is 19.9 Å². The van der Waals surface area contributed by atoms with Gasteiger partial charge in [0.2, 0.25) is 5.43 Å². The number of anilines is 2. The molecule has 6 heteroatoms. The standard InChI is InChI=1S/C30H27N3O3/c1-31-23-12-6-7-13-24(23)33-18-25(32-17-16-26(34)29(35)28(32)30(33)36)27-21-10-4-2-8-19(21)14-15-20-9-3-5-11-22(20)27/h2-13,16-17,25,27,31,35H,14-15,18H2,1H3. The summed E-state index contributed by atoms with van der Waals surface area (Å²) in [7, 11) is 1.82. The molecule has 2 heterocycles. The zero-order valence-corrected chi connectivity index (χ0v) is 20.0. The number of carbonyl (C=O) groups excluding carboxylic acids is 1. The second-order valence-corrected chi connectivity index (χ2v) is 9.41. The van der Waals surface area contributed by atoms with Gasteiger partial charge in [0.25, 0.3) is 5.91 Å². The molecule has 0 saturated heterocycles. The maximum absolute atomic E-state index is 13.8. The van der Waals surface area contributed by atoms with Crippen molar-refractivity contribution < 1.29 is 9.90 Å². The fraction of sp³-hybridized carbons (Fsp3) is 0.200. The van der Waals surface area contributed by atoms with Crippen molar-refractivity contribution in [2.45, 2.75) is 24.8 Å². The molecule has 1 aliphatic heterocycles. The van der Waals surface area contributed by atoms with Gasteiger partial charge in [0, 0.05) is 31.8 Å². The van der Waals surface area contributed by atoms with E-state index in [1.54, 1.807) is 11.1 Å². The van der Waals surface area contributed by atoms with Crippen molar-refractivity contribution in [2.75, 3.05) is 23.8 Å². The van der Waals surface area contributed by atoms with E-state index in [2.05, 4.69) is 53.8 Å². The Bertz CT molecular complexity index is 1490. The normalized spacial score (nSPS) is 17.1. The van der Waals surface area contributed by atoms with Gasteiger partial charge in [-0.2, -0.15) is 0 Å². The summed E-state index contributed by atoms with van der Waals surface area (Å²) in [6, 6.07) is 25.7. The smallest absolute Gasteiger partial charge is 0.279 e. The molecule has 4 aromatic rings. The molecule has 6 rings (SSSR count). The van der Waals surface area contributed by atoms with E-state index in [9.17, 15) is 14.7 Å². The molecule has 0 radical (unpaired) electrons. The second-order valence-electron chi connectivity index (χ2n) is 9.41. The number of rotatable bonds is 3. The fourth-order valence-electron chi connectivity index (χ4n) is 5.89. The number of aromatic hydroxyl groups is 1. The van der Waals surface area contributed by atoms with Crippen molar-refractivity contribution in [3.05, 3.63) is 123 Å². The number of pyridine rings is 1. The summed E-state index contributed by atoms with van der Waals surface area (Å²) < 4.78 is 1.82. The predicted molar refractivity (Wildman–Crippen MR) is 141 cm³/mol. The van der Waals surface area contributed by atoms with Crippen LogP contribution >= 0.6 is 0 Å². The lowest BCUT2D eigenvalue weighted by Crippen LogP contribution is -2.46. The molecule has 180 valence electrons. The molecule has 1 atom stereocenters. The lowest BCUT2D eigenvalue weighted by Gasteiger charge is -2.41. The van der Waals surface area contributed by atoms with Crippen LogP contribution in [0.25, 0.3) is 0 Å². The Hall–Kier alpha value is -4.32. The summed E-state index contributed by atoms with van der Waals surface area (Å²) in [6.45, 7) is 0.389. The molecule has 0 saturated carbocycles. The van der Waals surface area contributed by atoms with Crippen LogP contribution in [0.2, 0.25) is 0 Å². The third-order valence-electron chi connectivity index (χ3n) is 7.57. The molecule has 3 aromatic carbocycles. The van der Waals surface area contributed by atoms with Gasteiger partial charge in [-0.3, -0.25) is 9.59 Å². The Morgan fingerprint density at radius 3 is 2.11 bits per heavy atom. The van der Waals surface area contributed by atoms with E-state index in [0.29, 0.717) is 12.2 Å². The van der Waals surface area contributed by atoms with Crippen LogP contribution in [0.4, 0.5) is 11.4 Å². The maximum atomic E-state index is 13.8. The van der Waals surface area contributed by atoms with E-state index in [1.165, 1.54) is 28.3 Å². The molecular weight excluding hydrogens is 450 g/mol. The lowest BCUT2D eigenvalue weighted by molar-refractivity contribution is 0.0947. The third kappa shape index (κ3) is 3.40. The summed E-state index contributed by atoms with van der Waals surface area (Å²) in [5.74, 6) is -0.966. The highest BCUT2D eigenvalue weighted by Crippen LogP contribution is 2.45. The van der Waals surface area contributed by atoms with E-state index in [1.807, 2.05) is 35.9 Å². The molecular formula is C30H27N3O3. The molecule has 0 bridgehead atoms. The zero-order chi connectivity index (χ0) is 24.8. The Labute approximate surface area is 209 Å². The summed E-state index contributed by atoms with van der Waals surface area (Å²) in [5.41, 5.74) is 5.99. The van der Waals surface area contributed by atoms with E-state index < -0.39 is 11.2 Å². The molecule has 1 aliphatic carbocycles. The number of aromatic nitrogens is 1. The molecule has 0 fully saturated rings. The topological polar surface area (TPSA) is 74.6 Å². The number of aryl methyl sites for hydroxylation is 2. The fourth-order valence-corrected chi connectivity index (χ4v) is 5.89. The van der Waals surface area contributed by atoms with E-state index in [0.717, 1.165) is 18.5 Å². The minimum absolute atomic E-state index is 0.0314. The number of para-hydroxylation sites is 2. The van der Waals surface area contributed by atoms with E-state index in [-0.39, 0.29) is 23.6 Å². The van der Waals surface area contributed by atoms with Crippen molar-refractivity contribution in [1.82, 2.24) is 4.57 Å². The molecule has 1 amide bonds. The van der Waals surface area contributed by atoms with Gasteiger partial charge in [0.15, 0.2) is 11.4 Å². The van der Waals surface area contributed by atoms with E-state index in [4.69, 9.17) is 0 Å². The monoisotopic (exact) mass is 477 g/mol. The Kier molecular flexibility index (Phi) is 5.37. The third-order valence-corrected chi connectivity index (χ3v) is 7.57. The van der Waals surface area contributed by atoms with Gasteiger partial charge in [0.1, 0.15) is 0 Å². The lowest BCUT2D eigenvalue weighted by atomic mass is 9.81. The largest absolute Gasteiger partial charge is 0.503 e. The number of benzene rings is 3. The van der Waals surface area contributed by atoms with Crippen LogP contribution < -0.4 is 15.6 Å². The molecule has 2 aliphatic rings. The SMILES string of the molecule is CNc1ccccc1N1CC(C2c3ccccc3CCc3ccccc32)n2ccc(=O)c(O)c2C1=O. The van der Waals surface area contributed by atoms with Crippen LogP contribution in [-0.4, -0.2) is 29.2 Å². The van der Waals surface area contributed by atoms with Gasteiger partial charge in [-0.05, 0) is 47.2 Å². The van der Waals surface area contributed by atoms with Crippen molar-refractivity contribution in [1.29, 1.82) is 0 Å². The molecule has 2 N–H and O–H groups in total. The Morgan fingerprint density at radius 2 is 1.44 bits per heavy atom. The van der Waals surface area contributed by atoms with Crippen LogP contribution in [-0.2, 0) is 12.8 Å². The van der Waals surface area contributed by atoms with Crippen molar-refractivity contribution >= 4 is 17.3 Å². The summed E-state index contributed by atoms with van der Waals surface area (Å²) in [6.07, 6.45) is 3.53. The number of fused-ring (bicyclic) bond motifs is 3. The zero-order valence-electron chi connectivity index (χ0n) is 20.0. The van der Waals surface area contributed by atoms with Gasteiger partial charge in [-0.15, -0.1) is 0 Å². The van der Waals surface area contributed by atoms with Crippen LogP contribution in [0.5, 0.6) is 5.75 Å². The first-order valence-corrected chi connectivity index (χ1v) is 12.3.